The molecule has 0 unspecified atom stereocenters. The fourth-order valence-corrected chi connectivity index (χ4v) is 1.19. The molecule has 0 aromatic heterocycles. The number of nitrogens with two attached hydrogens (primary N) is 1. The topological polar surface area (TPSA) is 44.5 Å². The molecule has 0 aliphatic carbocycles. The van der Waals surface area contributed by atoms with Crippen LogP contribution < -0.4 is 15.9 Å². The average molecular weight is 245 g/mol. The molecule has 0 saturated heterocycles. The van der Waals surface area contributed by atoms with Crippen LogP contribution in [-0.2, 0) is 10.9 Å². The van der Waals surface area contributed by atoms with Crippen molar-refractivity contribution in [2.45, 2.75) is 6.18 Å². The second-order valence-electron chi connectivity index (χ2n) is 3.32. The van der Waals surface area contributed by atoms with Gasteiger partial charge < -0.3 is 15.2 Å². The summed E-state index contributed by atoms with van der Waals surface area (Å²) in [6, 6.07) is 1.82. The van der Waals surface area contributed by atoms with Gasteiger partial charge in [-0.05, 0) is 0 Å². The summed E-state index contributed by atoms with van der Waals surface area (Å²) >= 11 is 0. The summed E-state index contributed by atoms with van der Waals surface area (Å²) in [6.07, 6.45) is -4.54. The standard InChI is InChI=1S/C10H11BF3NO2/c1-16-2-3-17-9-5-8(15)7(11)4-6(9)10(12,13)14/h4-5H,2-3,15H2,1H3. The SMILES string of the molecule is [B]c1cc(C(F)(F)F)c(OCCOC)cc1N. The number of nitrogen functional groups attached to an aromatic ring is 1. The Bertz CT molecular complexity index is 396. The molecule has 0 heterocycles. The van der Waals surface area contributed by atoms with Crippen LogP contribution in [0.15, 0.2) is 12.1 Å². The van der Waals surface area contributed by atoms with Crippen molar-refractivity contribution in [3.05, 3.63) is 17.7 Å². The number of methoxy groups -OCH3 is 1. The molecule has 7 heteroatoms. The summed E-state index contributed by atoms with van der Waals surface area (Å²) in [5.74, 6) is -0.346. The van der Waals surface area contributed by atoms with Crippen molar-refractivity contribution >= 4 is 19.0 Å². The molecule has 0 saturated carbocycles. The largest absolute Gasteiger partial charge is 0.490 e. The molecule has 0 spiro atoms. The summed E-state index contributed by atoms with van der Waals surface area (Å²) in [4.78, 5) is 0. The zero-order chi connectivity index (χ0) is 13.1. The highest BCUT2D eigenvalue weighted by atomic mass is 19.4. The van der Waals surface area contributed by atoms with Crippen LogP contribution in [0.2, 0.25) is 0 Å². The van der Waals surface area contributed by atoms with Crippen molar-refractivity contribution in [3.63, 3.8) is 0 Å². The monoisotopic (exact) mass is 245 g/mol. The number of halogens is 3. The van der Waals surface area contributed by atoms with Crippen LogP contribution in [0, 0.1) is 0 Å². The summed E-state index contributed by atoms with van der Waals surface area (Å²) in [7, 11) is 6.76. The fraction of sp³-hybridized carbons (Fsp3) is 0.400. The van der Waals surface area contributed by atoms with Crippen molar-refractivity contribution in [2.24, 2.45) is 0 Å². The van der Waals surface area contributed by atoms with Gasteiger partial charge in [0.2, 0.25) is 0 Å². The number of rotatable bonds is 4. The molecule has 1 aromatic carbocycles. The first-order chi connectivity index (χ1) is 7.86. The first-order valence-electron chi connectivity index (χ1n) is 4.74. The van der Waals surface area contributed by atoms with Gasteiger partial charge in [0.1, 0.15) is 20.2 Å². The van der Waals surface area contributed by atoms with Gasteiger partial charge in [-0.25, -0.2) is 0 Å². The Labute approximate surface area is 98.1 Å². The van der Waals surface area contributed by atoms with Gasteiger partial charge in [0, 0.05) is 18.9 Å². The Balaban J connectivity index is 3.04. The second-order valence-corrected chi connectivity index (χ2v) is 3.32. The third-order valence-electron chi connectivity index (χ3n) is 2.04. The Morgan fingerprint density at radius 3 is 2.47 bits per heavy atom. The molecule has 0 bridgehead atoms. The number of anilines is 1. The van der Waals surface area contributed by atoms with Gasteiger partial charge in [0.25, 0.3) is 0 Å². The lowest BCUT2D eigenvalue weighted by molar-refractivity contribution is -0.139. The Morgan fingerprint density at radius 2 is 1.94 bits per heavy atom. The van der Waals surface area contributed by atoms with E-state index in [0.717, 1.165) is 12.1 Å². The smallest absolute Gasteiger partial charge is 0.419 e. The van der Waals surface area contributed by atoms with Crippen molar-refractivity contribution in [2.75, 3.05) is 26.1 Å². The van der Waals surface area contributed by atoms with Gasteiger partial charge in [-0.2, -0.15) is 13.2 Å². The van der Waals surface area contributed by atoms with E-state index in [9.17, 15) is 13.2 Å². The van der Waals surface area contributed by atoms with E-state index < -0.39 is 11.7 Å². The van der Waals surface area contributed by atoms with Crippen LogP contribution in [0.3, 0.4) is 0 Å². The number of hydrogen-bond acceptors (Lipinski definition) is 3. The first-order valence-corrected chi connectivity index (χ1v) is 4.74. The first kappa shape index (κ1) is 13.7. The number of alkyl halides is 3. The van der Waals surface area contributed by atoms with Crippen molar-refractivity contribution in [1.82, 2.24) is 0 Å². The Hall–Kier alpha value is -1.37. The van der Waals surface area contributed by atoms with E-state index in [-0.39, 0.29) is 30.1 Å². The lowest BCUT2D eigenvalue weighted by Gasteiger charge is -2.16. The molecular formula is C10H11BF3NO2. The van der Waals surface area contributed by atoms with Crippen LogP contribution >= 0.6 is 0 Å². The quantitative estimate of drug-likeness (QED) is 0.491. The van der Waals surface area contributed by atoms with Crippen LogP contribution in [0.1, 0.15) is 5.56 Å². The van der Waals surface area contributed by atoms with Crippen molar-refractivity contribution in [1.29, 1.82) is 0 Å². The lowest BCUT2D eigenvalue weighted by Crippen LogP contribution is -2.18. The third kappa shape index (κ3) is 3.56. The lowest BCUT2D eigenvalue weighted by atomic mass is 9.91. The molecular weight excluding hydrogens is 234 g/mol. The molecule has 17 heavy (non-hydrogen) atoms. The maximum absolute atomic E-state index is 12.7. The predicted octanol–water partition coefficient (Wildman–Crippen LogP) is 1.11. The molecule has 2 N–H and O–H groups in total. The zero-order valence-corrected chi connectivity index (χ0v) is 9.17. The fourth-order valence-electron chi connectivity index (χ4n) is 1.19. The highest BCUT2D eigenvalue weighted by molar-refractivity contribution is 6.35. The molecule has 0 aliphatic heterocycles. The van der Waals surface area contributed by atoms with Gasteiger partial charge in [0.15, 0.2) is 0 Å². The summed E-state index contributed by atoms with van der Waals surface area (Å²) in [5, 5.41) is 0. The van der Waals surface area contributed by atoms with E-state index in [1.807, 2.05) is 0 Å². The molecule has 92 valence electrons. The van der Waals surface area contributed by atoms with E-state index in [1.54, 1.807) is 0 Å². The molecule has 0 atom stereocenters. The minimum Gasteiger partial charge on any atom is -0.490 e. The van der Waals surface area contributed by atoms with E-state index in [0.29, 0.717) is 0 Å². The van der Waals surface area contributed by atoms with Gasteiger partial charge in [-0.1, -0.05) is 11.5 Å². The van der Waals surface area contributed by atoms with E-state index >= 15 is 0 Å². The summed E-state index contributed by atoms with van der Waals surface area (Å²) < 4.78 is 47.6. The van der Waals surface area contributed by atoms with Crippen LogP contribution in [-0.4, -0.2) is 28.2 Å². The molecule has 0 aliphatic rings. The number of ether oxygens (including phenoxy) is 2. The highest BCUT2D eigenvalue weighted by Crippen LogP contribution is 2.36. The Morgan fingerprint density at radius 1 is 1.29 bits per heavy atom. The molecule has 0 fully saturated rings. The minimum absolute atomic E-state index is 0.00291. The van der Waals surface area contributed by atoms with Crippen molar-refractivity contribution in [3.8, 4) is 5.75 Å². The molecule has 3 nitrogen and oxygen atoms in total. The van der Waals surface area contributed by atoms with Crippen LogP contribution in [0.25, 0.3) is 0 Å². The second kappa shape index (κ2) is 5.31. The predicted molar refractivity (Wildman–Crippen MR) is 58.6 cm³/mol. The summed E-state index contributed by atoms with van der Waals surface area (Å²) in [6.45, 7) is 0.185. The number of benzene rings is 1. The van der Waals surface area contributed by atoms with Gasteiger partial charge in [-0.15, -0.1) is 0 Å². The maximum atomic E-state index is 12.7. The minimum atomic E-state index is -4.54. The Kier molecular flexibility index (Phi) is 4.28. The highest BCUT2D eigenvalue weighted by Gasteiger charge is 2.34. The molecule has 1 rings (SSSR count). The molecule has 1 aromatic rings. The van der Waals surface area contributed by atoms with Crippen molar-refractivity contribution < 1.29 is 22.6 Å². The molecule has 2 radical (unpaired) electrons. The van der Waals surface area contributed by atoms with E-state index in [2.05, 4.69) is 4.74 Å². The van der Waals surface area contributed by atoms with Crippen LogP contribution in [0.5, 0.6) is 5.75 Å². The van der Waals surface area contributed by atoms with Gasteiger partial charge in [-0.3, -0.25) is 0 Å². The number of hydrogen-bond donors (Lipinski definition) is 1. The van der Waals surface area contributed by atoms with Gasteiger partial charge in [0.05, 0.1) is 12.2 Å². The zero-order valence-electron chi connectivity index (χ0n) is 9.17. The average Bonchev–Trinajstić information content (AvgIpc) is 2.21. The summed E-state index contributed by atoms with van der Waals surface area (Å²) in [5.41, 5.74) is 4.41. The maximum Gasteiger partial charge on any atom is 0.419 e. The van der Waals surface area contributed by atoms with Crippen LogP contribution in [0.4, 0.5) is 18.9 Å². The molecule has 0 amide bonds. The van der Waals surface area contributed by atoms with Gasteiger partial charge >= 0.3 is 6.18 Å². The van der Waals surface area contributed by atoms with E-state index in [4.69, 9.17) is 18.3 Å². The normalized spacial score (nSPS) is 11.5. The third-order valence-corrected chi connectivity index (χ3v) is 2.04. The van der Waals surface area contributed by atoms with E-state index in [1.165, 1.54) is 7.11 Å².